The zero-order valence-electron chi connectivity index (χ0n) is 29.8. The van der Waals surface area contributed by atoms with Gasteiger partial charge in [-0.25, -0.2) is 0 Å². The third-order valence-electron chi connectivity index (χ3n) is 10.5. The first-order chi connectivity index (χ1) is 21.4. The Labute approximate surface area is 279 Å². The van der Waals surface area contributed by atoms with E-state index in [9.17, 15) is 0 Å². The third-order valence-corrected chi connectivity index (χ3v) is 10.9. The average molecular weight is 624 g/mol. The molecular formula is C42H56ClN2+. The van der Waals surface area contributed by atoms with Gasteiger partial charge in [0, 0.05) is 52.5 Å². The summed E-state index contributed by atoms with van der Waals surface area (Å²) in [6, 6.07) is 9.51. The lowest BCUT2D eigenvalue weighted by Gasteiger charge is -2.27. The number of halogens is 1. The lowest BCUT2D eigenvalue weighted by Crippen LogP contribution is -2.28. The van der Waals surface area contributed by atoms with E-state index in [1.807, 2.05) is 0 Å². The number of fused-ring (bicyclic) bond motifs is 2. The van der Waals surface area contributed by atoms with Crippen LogP contribution in [0.3, 0.4) is 0 Å². The van der Waals surface area contributed by atoms with E-state index in [1.54, 1.807) is 0 Å². The minimum absolute atomic E-state index is 0.0468. The van der Waals surface area contributed by atoms with Crippen molar-refractivity contribution in [3.05, 3.63) is 104 Å². The van der Waals surface area contributed by atoms with E-state index in [2.05, 4.69) is 127 Å². The molecule has 0 amide bonds. The topological polar surface area (TPSA) is 6.25 Å². The maximum absolute atomic E-state index is 7.18. The Hall–Kier alpha value is -2.84. The summed E-state index contributed by atoms with van der Waals surface area (Å²) < 4.78 is 2.60. The van der Waals surface area contributed by atoms with Crippen molar-refractivity contribution in [2.75, 3.05) is 18.0 Å². The fourth-order valence-corrected chi connectivity index (χ4v) is 8.61. The van der Waals surface area contributed by atoms with Gasteiger partial charge in [0.15, 0.2) is 5.71 Å². The molecule has 2 aromatic rings. The molecular weight excluding hydrogens is 568 g/mol. The highest BCUT2D eigenvalue weighted by Gasteiger charge is 2.46. The molecule has 2 heterocycles. The van der Waals surface area contributed by atoms with E-state index < -0.39 is 0 Å². The van der Waals surface area contributed by atoms with Crippen molar-refractivity contribution in [2.24, 2.45) is 0 Å². The standard InChI is InChI=1S/C42H56ClN2/c1-11-14-22-44-34-26-28(4)24-30(6)38(34)41(7,8)36(44)20-18-32-16-17-33(40(32)43)19-21-37-42(9,10)39-31(13-3)25-29(5)27-35(39)45(37)23-15-12-2/h18-21,24-27H,11-17,22-23H2,1-10H3/q+1. The van der Waals surface area contributed by atoms with Gasteiger partial charge in [0.1, 0.15) is 6.54 Å². The maximum Gasteiger partial charge on any atom is 0.210 e. The van der Waals surface area contributed by atoms with Gasteiger partial charge in [0.05, 0.1) is 5.41 Å². The van der Waals surface area contributed by atoms with Crippen LogP contribution in [-0.2, 0) is 17.3 Å². The molecule has 0 unspecified atom stereocenters. The second-order valence-corrected chi connectivity index (χ2v) is 15.1. The fraction of sp³-hybridized carbons (Fsp3) is 0.500. The Bertz CT molecular complexity index is 1640. The zero-order chi connectivity index (χ0) is 32.7. The van der Waals surface area contributed by atoms with Crippen molar-refractivity contribution in [3.8, 4) is 0 Å². The quantitative estimate of drug-likeness (QED) is 0.239. The van der Waals surface area contributed by atoms with Crippen LogP contribution in [0, 0.1) is 20.8 Å². The van der Waals surface area contributed by atoms with E-state index in [0.717, 1.165) is 37.4 Å². The molecule has 0 aromatic heterocycles. The van der Waals surface area contributed by atoms with E-state index in [1.165, 1.54) is 93.0 Å². The van der Waals surface area contributed by atoms with Crippen molar-refractivity contribution >= 4 is 28.7 Å². The second kappa shape index (κ2) is 13.1. The number of hydrogen-bond donors (Lipinski definition) is 0. The summed E-state index contributed by atoms with van der Waals surface area (Å²) in [6.45, 7) is 25.3. The maximum atomic E-state index is 7.18. The summed E-state index contributed by atoms with van der Waals surface area (Å²) in [5.41, 5.74) is 16.5. The zero-order valence-corrected chi connectivity index (χ0v) is 30.5. The summed E-state index contributed by atoms with van der Waals surface area (Å²) in [7, 11) is 0. The second-order valence-electron chi connectivity index (χ2n) is 14.7. The molecule has 3 aliphatic rings. The van der Waals surface area contributed by atoms with E-state index in [-0.39, 0.29) is 10.8 Å². The number of aryl methyl sites for hydroxylation is 4. The molecule has 0 saturated heterocycles. The first-order valence-corrected chi connectivity index (χ1v) is 17.9. The predicted octanol–water partition coefficient (Wildman–Crippen LogP) is 11.6. The Balaban J connectivity index is 1.50. The van der Waals surface area contributed by atoms with Crippen molar-refractivity contribution in [2.45, 2.75) is 125 Å². The van der Waals surface area contributed by atoms with Gasteiger partial charge in [-0.3, -0.25) is 0 Å². The highest BCUT2D eigenvalue weighted by molar-refractivity contribution is 6.33. The molecule has 0 atom stereocenters. The Morgan fingerprint density at radius 3 is 2.22 bits per heavy atom. The number of anilines is 1. The lowest BCUT2D eigenvalue weighted by atomic mass is 9.78. The number of unbranched alkanes of at least 4 members (excludes halogenated alkanes) is 2. The van der Waals surface area contributed by atoms with E-state index in [4.69, 9.17) is 11.6 Å². The monoisotopic (exact) mass is 623 g/mol. The Morgan fingerprint density at radius 1 is 0.822 bits per heavy atom. The van der Waals surface area contributed by atoms with Crippen LogP contribution in [0.5, 0.6) is 0 Å². The molecule has 5 rings (SSSR count). The van der Waals surface area contributed by atoms with Crippen LogP contribution in [0.1, 0.15) is 120 Å². The van der Waals surface area contributed by atoms with Gasteiger partial charge >= 0.3 is 0 Å². The molecule has 2 aromatic carbocycles. The molecule has 3 heteroatoms. The van der Waals surface area contributed by atoms with E-state index in [0.29, 0.717) is 0 Å². The molecule has 0 N–H and O–H groups in total. The van der Waals surface area contributed by atoms with Gasteiger partial charge in [-0.1, -0.05) is 83.3 Å². The van der Waals surface area contributed by atoms with Gasteiger partial charge in [0.2, 0.25) is 5.69 Å². The SMILES string of the molecule is CCCCN1/C(=C/C=C2\CCC(/C=C/C3=[N+](CCCC)c4cc(C)cc(CC)c4C3(C)C)=C2Cl)C(C)(C)c2c(C)cc(C)cc21. The molecule has 1 aliphatic carbocycles. The van der Waals surface area contributed by atoms with Crippen LogP contribution < -0.4 is 4.90 Å². The summed E-state index contributed by atoms with van der Waals surface area (Å²) in [5.74, 6) is 0. The lowest BCUT2D eigenvalue weighted by molar-refractivity contribution is -0.438. The first kappa shape index (κ1) is 33.5. The van der Waals surface area contributed by atoms with Crippen molar-refractivity contribution in [1.82, 2.24) is 0 Å². The van der Waals surface area contributed by atoms with Gasteiger partial charge < -0.3 is 4.90 Å². The smallest absolute Gasteiger partial charge is 0.210 e. The predicted molar refractivity (Wildman–Crippen MR) is 197 cm³/mol. The van der Waals surface area contributed by atoms with Crippen LogP contribution in [0.2, 0.25) is 0 Å². The highest BCUT2D eigenvalue weighted by atomic mass is 35.5. The van der Waals surface area contributed by atoms with Gasteiger partial charge in [-0.2, -0.15) is 4.58 Å². The fourth-order valence-electron chi connectivity index (χ4n) is 8.29. The average Bonchev–Trinajstić information content (AvgIpc) is 3.51. The van der Waals surface area contributed by atoms with Crippen LogP contribution in [0.25, 0.3) is 0 Å². The van der Waals surface area contributed by atoms with Crippen LogP contribution in [0.15, 0.2) is 70.4 Å². The summed E-state index contributed by atoms with van der Waals surface area (Å²) in [6.07, 6.45) is 17.2. The summed E-state index contributed by atoms with van der Waals surface area (Å²) in [4.78, 5) is 2.58. The van der Waals surface area contributed by atoms with Crippen molar-refractivity contribution in [1.29, 1.82) is 0 Å². The molecule has 0 saturated carbocycles. The highest BCUT2D eigenvalue weighted by Crippen LogP contribution is 2.50. The van der Waals surface area contributed by atoms with Crippen LogP contribution in [0.4, 0.5) is 11.4 Å². The summed E-state index contributed by atoms with van der Waals surface area (Å²) >= 11 is 7.18. The molecule has 45 heavy (non-hydrogen) atoms. The molecule has 0 radical (unpaired) electrons. The van der Waals surface area contributed by atoms with Crippen molar-refractivity contribution < 1.29 is 4.58 Å². The molecule has 0 fully saturated rings. The number of allylic oxidation sites excluding steroid dienone is 8. The van der Waals surface area contributed by atoms with Crippen LogP contribution in [-0.4, -0.2) is 23.4 Å². The van der Waals surface area contributed by atoms with Crippen molar-refractivity contribution in [3.63, 3.8) is 0 Å². The van der Waals surface area contributed by atoms with Gasteiger partial charge in [-0.05, 0) is 111 Å². The number of hydrogen-bond acceptors (Lipinski definition) is 1. The molecule has 2 nitrogen and oxygen atoms in total. The molecule has 0 spiro atoms. The largest absolute Gasteiger partial charge is 0.344 e. The molecule has 2 aliphatic heterocycles. The minimum Gasteiger partial charge on any atom is -0.344 e. The minimum atomic E-state index is -0.0488. The number of benzene rings is 2. The van der Waals surface area contributed by atoms with Gasteiger partial charge in [-0.15, -0.1) is 0 Å². The Kier molecular flexibility index (Phi) is 9.77. The normalized spacial score (nSPS) is 20.5. The molecule has 240 valence electrons. The third kappa shape index (κ3) is 6.05. The molecule has 0 bridgehead atoms. The first-order valence-electron chi connectivity index (χ1n) is 17.5. The number of nitrogens with zero attached hydrogens (tertiary/aromatic N) is 2. The van der Waals surface area contributed by atoms with Gasteiger partial charge in [0.25, 0.3) is 0 Å². The number of rotatable bonds is 10. The summed E-state index contributed by atoms with van der Waals surface area (Å²) in [5, 5.41) is 0.933. The van der Waals surface area contributed by atoms with E-state index >= 15 is 0 Å². The van der Waals surface area contributed by atoms with Crippen LogP contribution >= 0.6 is 11.6 Å². The Morgan fingerprint density at radius 2 is 1.53 bits per heavy atom.